The van der Waals surface area contributed by atoms with E-state index in [4.69, 9.17) is 4.74 Å². The quantitative estimate of drug-likeness (QED) is 0.229. The lowest BCUT2D eigenvalue weighted by atomic mass is 9.76. The summed E-state index contributed by atoms with van der Waals surface area (Å²) < 4.78 is 63.6. The Morgan fingerprint density at radius 3 is 2.13 bits per heavy atom. The van der Waals surface area contributed by atoms with Gasteiger partial charge in [-0.1, -0.05) is 50.8 Å². The van der Waals surface area contributed by atoms with Crippen LogP contribution in [0.3, 0.4) is 0 Å². The van der Waals surface area contributed by atoms with Crippen molar-refractivity contribution in [3.8, 4) is 16.9 Å². The third-order valence-corrected chi connectivity index (χ3v) is 6.28. The van der Waals surface area contributed by atoms with Crippen molar-refractivity contribution >= 4 is 0 Å². The number of allylic oxidation sites excluding steroid dienone is 1. The number of benzene rings is 2. The molecule has 0 saturated heterocycles. The second-order valence-corrected chi connectivity index (χ2v) is 8.37. The van der Waals surface area contributed by atoms with Crippen LogP contribution in [-0.4, -0.2) is 0 Å². The minimum Gasteiger partial charge on any atom is -0.462 e. The molecule has 0 aromatic heterocycles. The van der Waals surface area contributed by atoms with Crippen molar-refractivity contribution in [2.24, 2.45) is 5.92 Å². The Balaban J connectivity index is 1.78. The fourth-order valence-corrected chi connectivity index (χ4v) is 4.50. The average Bonchev–Trinajstić information content (AvgIpc) is 2.78. The van der Waals surface area contributed by atoms with Crippen LogP contribution in [0.2, 0.25) is 0 Å². The molecule has 0 heterocycles. The first-order valence-corrected chi connectivity index (χ1v) is 11.2. The highest BCUT2D eigenvalue weighted by Crippen LogP contribution is 2.41. The van der Waals surface area contributed by atoms with Crippen molar-refractivity contribution in [1.82, 2.24) is 0 Å². The fraction of sp³-hybridized carbons (Fsp3) is 0.462. The van der Waals surface area contributed by atoms with E-state index in [9.17, 15) is 17.6 Å². The van der Waals surface area contributed by atoms with E-state index < -0.39 is 23.3 Å². The first-order valence-electron chi connectivity index (χ1n) is 11.2. The molecule has 0 atom stereocenters. The van der Waals surface area contributed by atoms with Crippen LogP contribution in [0.4, 0.5) is 17.6 Å². The summed E-state index contributed by atoms with van der Waals surface area (Å²) in [4.78, 5) is 0. The topological polar surface area (TPSA) is 9.23 Å². The highest BCUT2D eigenvalue weighted by molar-refractivity contribution is 5.66. The van der Waals surface area contributed by atoms with Crippen molar-refractivity contribution < 1.29 is 22.3 Å². The molecule has 1 aliphatic rings. The van der Waals surface area contributed by atoms with Crippen LogP contribution in [0, 0.1) is 29.2 Å². The number of rotatable bonds is 8. The van der Waals surface area contributed by atoms with E-state index in [1.165, 1.54) is 62.3 Å². The molecule has 2 aromatic rings. The van der Waals surface area contributed by atoms with Crippen molar-refractivity contribution in [1.29, 1.82) is 0 Å². The van der Waals surface area contributed by atoms with Crippen molar-refractivity contribution in [2.75, 3.05) is 0 Å². The molecule has 1 fully saturated rings. The van der Waals surface area contributed by atoms with Gasteiger partial charge in [-0.2, -0.15) is 4.39 Å². The van der Waals surface area contributed by atoms with Gasteiger partial charge in [0, 0.05) is 11.1 Å². The smallest absolute Gasteiger partial charge is 0.201 e. The molecule has 0 unspecified atom stereocenters. The van der Waals surface area contributed by atoms with Gasteiger partial charge in [0.1, 0.15) is 0 Å². The molecule has 0 spiro atoms. The van der Waals surface area contributed by atoms with E-state index in [-0.39, 0.29) is 22.8 Å². The standard InChI is InChI=1S/C26H30F4O/c1-3-5-6-7-17-8-10-18(11-9-17)19-12-13-20(24(28)23(19)27)21-14-15-22(31-16-4-2)26(30)25(21)29/h4,12-18H,3,5-11H2,1-2H3/b16-4+. The maximum atomic E-state index is 14.9. The molecule has 0 N–H and O–H groups in total. The molecule has 2 aromatic carbocycles. The number of hydrogen-bond donors (Lipinski definition) is 0. The summed E-state index contributed by atoms with van der Waals surface area (Å²) in [5.74, 6) is -4.28. The summed E-state index contributed by atoms with van der Waals surface area (Å²) in [6, 6.07) is 5.29. The van der Waals surface area contributed by atoms with E-state index in [1.807, 2.05) is 0 Å². The minimum absolute atomic E-state index is 0.0378. The maximum absolute atomic E-state index is 14.9. The van der Waals surface area contributed by atoms with E-state index in [0.717, 1.165) is 25.7 Å². The Labute approximate surface area is 182 Å². The highest BCUT2D eigenvalue weighted by atomic mass is 19.2. The highest BCUT2D eigenvalue weighted by Gasteiger charge is 2.27. The Morgan fingerprint density at radius 1 is 0.839 bits per heavy atom. The van der Waals surface area contributed by atoms with E-state index >= 15 is 0 Å². The van der Waals surface area contributed by atoms with Gasteiger partial charge in [-0.25, -0.2) is 13.2 Å². The Bertz CT molecular complexity index is 914. The lowest BCUT2D eigenvalue weighted by Crippen LogP contribution is -2.15. The Kier molecular flexibility index (Phi) is 8.16. The van der Waals surface area contributed by atoms with Gasteiger partial charge in [0.2, 0.25) is 5.82 Å². The summed E-state index contributed by atoms with van der Waals surface area (Å²) in [6.45, 7) is 3.85. The minimum atomic E-state index is -1.26. The first kappa shape index (κ1) is 23.4. The Morgan fingerprint density at radius 2 is 1.48 bits per heavy atom. The average molecular weight is 435 g/mol. The molecule has 1 nitrogen and oxygen atoms in total. The Hall–Kier alpha value is -2.30. The molecule has 1 saturated carbocycles. The van der Waals surface area contributed by atoms with Gasteiger partial charge in [-0.05, 0) is 62.1 Å². The van der Waals surface area contributed by atoms with Crippen LogP contribution in [0.1, 0.15) is 76.7 Å². The molecular formula is C26H30F4O. The molecule has 0 aliphatic heterocycles. The van der Waals surface area contributed by atoms with Crippen LogP contribution in [-0.2, 0) is 0 Å². The number of halogens is 4. The molecule has 1 aliphatic carbocycles. The lowest BCUT2D eigenvalue weighted by molar-refractivity contribution is 0.298. The maximum Gasteiger partial charge on any atom is 0.201 e. The summed E-state index contributed by atoms with van der Waals surface area (Å²) in [5.41, 5.74) is -0.279. The second kappa shape index (κ2) is 10.8. The van der Waals surface area contributed by atoms with Crippen LogP contribution >= 0.6 is 0 Å². The van der Waals surface area contributed by atoms with Gasteiger partial charge in [0.05, 0.1) is 6.26 Å². The molecule has 168 valence electrons. The van der Waals surface area contributed by atoms with Crippen molar-refractivity contribution in [3.05, 3.63) is 65.4 Å². The molecule has 31 heavy (non-hydrogen) atoms. The largest absolute Gasteiger partial charge is 0.462 e. The van der Waals surface area contributed by atoms with Gasteiger partial charge >= 0.3 is 0 Å². The zero-order valence-electron chi connectivity index (χ0n) is 18.2. The first-order chi connectivity index (χ1) is 15.0. The summed E-state index contributed by atoms with van der Waals surface area (Å²) in [5, 5.41) is 0. The molecular weight excluding hydrogens is 404 g/mol. The van der Waals surface area contributed by atoms with E-state index in [1.54, 1.807) is 6.92 Å². The van der Waals surface area contributed by atoms with E-state index in [0.29, 0.717) is 11.5 Å². The fourth-order valence-electron chi connectivity index (χ4n) is 4.50. The summed E-state index contributed by atoms with van der Waals surface area (Å²) in [7, 11) is 0. The van der Waals surface area contributed by atoms with Gasteiger partial charge < -0.3 is 4.74 Å². The van der Waals surface area contributed by atoms with Gasteiger partial charge in [-0.15, -0.1) is 0 Å². The third-order valence-electron chi connectivity index (χ3n) is 6.28. The van der Waals surface area contributed by atoms with Crippen molar-refractivity contribution in [2.45, 2.75) is 71.1 Å². The monoisotopic (exact) mass is 434 g/mol. The van der Waals surface area contributed by atoms with Gasteiger partial charge in [0.15, 0.2) is 23.2 Å². The molecule has 5 heteroatoms. The predicted octanol–water partition coefficient (Wildman–Crippen LogP) is 8.68. The zero-order chi connectivity index (χ0) is 22.4. The third kappa shape index (κ3) is 5.31. The van der Waals surface area contributed by atoms with Crippen LogP contribution < -0.4 is 4.74 Å². The van der Waals surface area contributed by atoms with E-state index in [2.05, 4.69) is 6.92 Å². The van der Waals surface area contributed by atoms with Crippen LogP contribution in [0.15, 0.2) is 36.6 Å². The molecule has 0 radical (unpaired) electrons. The second-order valence-electron chi connectivity index (χ2n) is 8.37. The number of hydrogen-bond acceptors (Lipinski definition) is 1. The van der Waals surface area contributed by atoms with Crippen molar-refractivity contribution in [3.63, 3.8) is 0 Å². The van der Waals surface area contributed by atoms with Crippen LogP contribution in [0.5, 0.6) is 5.75 Å². The number of unbranched alkanes of at least 4 members (excludes halogenated alkanes) is 2. The lowest BCUT2D eigenvalue weighted by Gasteiger charge is -2.29. The van der Waals surface area contributed by atoms with Gasteiger partial charge in [0.25, 0.3) is 0 Å². The molecule has 0 amide bonds. The van der Waals surface area contributed by atoms with Crippen LogP contribution in [0.25, 0.3) is 11.1 Å². The summed E-state index contributed by atoms with van der Waals surface area (Å²) in [6.07, 6.45) is 11.3. The molecule has 0 bridgehead atoms. The van der Waals surface area contributed by atoms with Gasteiger partial charge in [-0.3, -0.25) is 0 Å². The molecule has 3 rings (SSSR count). The number of ether oxygens (including phenoxy) is 1. The SMILES string of the molecule is C/C=C/Oc1ccc(-c2ccc(C3CCC(CCCCC)CC3)c(F)c2F)c(F)c1F. The predicted molar refractivity (Wildman–Crippen MR) is 116 cm³/mol. The normalized spacial score (nSPS) is 19.2. The zero-order valence-corrected chi connectivity index (χ0v) is 18.2. The summed E-state index contributed by atoms with van der Waals surface area (Å²) >= 11 is 0.